The molecule has 0 saturated heterocycles. The summed E-state index contributed by atoms with van der Waals surface area (Å²) in [6.45, 7) is 5.65. The number of rotatable bonds is 4. The van der Waals surface area contributed by atoms with Crippen molar-refractivity contribution in [3.63, 3.8) is 0 Å². The molecule has 0 bridgehead atoms. The molecule has 4 N–H and O–H groups in total. The van der Waals surface area contributed by atoms with Gasteiger partial charge in [-0.25, -0.2) is 13.6 Å². The zero-order valence-electron chi connectivity index (χ0n) is 14.0. The Hall–Kier alpha value is -2.20. The molecular formula is C18H21N3O2S. The molecule has 24 heavy (non-hydrogen) atoms. The van der Waals surface area contributed by atoms with Crippen LogP contribution < -0.4 is 10.9 Å². The SMILES string of the molecule is CCc1c(S(N)(=O)=O)ccc(C#N)c1-c1ccc(C(C)(C)N)cc1. The van der Waals surface area contributed by atoms with E-state index in [-0.39, 0.29) is 4.90 Å². The summed E-state index contributed by atoms with van der Waals surface area (Å²) in [5, 5.41) is 14.8. The Balaban J connectivity index is 2.75. The molecule has 5 nitrogen and oxygen atoms in total. The van der Waals surface area contributed by atoms with Gasteiger partial charge in [-0.3, -0.25) is 0 Å². The number of nitrogens with zero attached hydrogens (tertiary/aromatic N) is 1. The molecule has 126 valence electrons. The minimum absolute atomic E-state index is 0.0576. The van der Waals surface area contributed by atoms with Gasteiger partial charge in [0.15, 0.2) is 0 Å². The summed E-state index contributed by atoms with van der Waals surface area (Å²) >= 11 is 0. The standard InChI is InChI=1S/C18H21N3O2S/c1-4-15-16(24(21,22)23)10-7-13(11-19)17(15)12-5-8-14(9-6-12)18(2,3)20/h5-10H,4,20H2,1-3H3,(H2,21,22,23). The lowest BCUT2D eigenvalue weighted by Crippen LogP contribution is -2.28. The summed E-state index contributed by atoms with van der Waals surface area (Å²) in [5.74, 6) is 0. The summed E-state index contributed by atoms with van der Waals surface area (Å²) in [6, 6.07) is 12.5. The summed E-state index contributed by atoms with van der Waals surface area (Å²) in [4.78, 5) is 0.0576. The molecule has 0 spiro atoms. The normalized spacial score (nSPS) is 12.0. The predicted molar refractivity (Wildman–Crippen MR) is 94.6 cm³/mol. The first-order valence-corrected chi connectivity index (χ1v) is 9.12. The molecule has 2 aromatic rings. The van der Waals surface area contributed by atoms with E-state index >= 15 is 0 Å². The molecule has 0 aliphatic heterocycles. The Morgan fingerprint density at radius 1 is 1.12 bits per heavy atom. The van der Waals surface area contributed by atoms with E-state index in [4.69, 9.17) is 10.9 Å². The van der Waals surface area contributed by atoms with Crippen LogP contribution in [0.2, 0.25) is 0 Å². The van der Waals surface area contributed by atoms with Crippen LogP contribution in [0.1, 0.15) is 37.5 Å². The third kappa shape index (κ3) is 3.49. The number of nitrogens with two attached hydrogens (primary N) is 2. The highest BCUT2D eigenvalue weighted by Crippen LogP contribution is 2.33. The van der Waals surface area contributed by atoms with Crippen LogP contribution in [0, 0.1) is 11.3 Å². The maximum absolute atomic E-state index is 11.9. The van der Waals surface area contributed by atoms with E-state index < -0.39 is 15.6 Å². The van der Waals surface area contributed by atoms with Crippen molar-refractivity contribution in [2.24, 2.45) is 10.9 Å². The molecule has 6 heteroatoms. The Bertz CT molecular complexity index is 903. The summed E-state index contributed by atoms with van der Waals surface area (Å²) in [6.07, 6.45) is 0.445. The van der Waals surface area contributed by atoms with Crippen LogP contribution in [0.5, 0.6) is 0 Å². The Labute approximate surface area is 143 Å². The number of benzene rings is 2. The van der Waals surface area contributed by atoms with E-state index in [1.807, 2.05) is 45.0 Å². The lowest BCUT2D eigenvalue weighted by atomic mass is 9.90. The summed E-state index contributed by atoms with van der Waals surface area (Å²) in [7, 11) is -3.86. The molecule has 0 aliphatic rings. The smallest absolute Gasteiger partial charge is 0.238 e. The van der Waals surface area contributed by atoms with Crippen LogP contribution in [0.25, 0.3) is 11.1 Å². The number of nitriles is 1. The van der Waals surface area contributed by atoms with E-state index in [1.54, 1.807) is 0 Å². The van der Waals surface area contributed by atoms with Gasteiger partial charge in [0.05, 0.1) is 16.5 Å². The number of sulfonamides is 1. The van der Waals surface area contributed by atoms with Crippen molar-refractivity contribution < 1.29 is 8.42 Å². The van der Waals surface area contributed by atoms with Gasteiger partial charge in [-0.2, -0.15) is 5.26 Å². The molecule has 0 fully saturated rings. The second kappa shape index (κ2) is 6.36. The van der Waals surface area contributed by atoms with Crippen LogP contribution in [0.15, 0.2) is 41.3 Å². The van der Waals surface area contributed by atoms with E-state index in [0.29, 0.717) is 23.1 Å². The summed E-state index contributed by atoms with van der Waals surface area (Å²) < 4.78 is 23.7. The van der Waals surface area contributed by atoms with Crippen molar-refractivity contribution in [1.82, 2.24) is 0 Å². The maximum atomic E-state index is 11.9. The lowest BCUT2D eigenvalue weighted by Gasteiger charge is -2.20. The molecular weight excluding hydrogens is 322 g/mol. The highest BCUT2D eigenvalue weighted by atomic mass is 32.2. The Morgan fingerprint density at radius 2 is 1.71 bits per heavy atom. The third-order valence-corrected chi connectivity index (χ3v) is 4.96. The molecule has 0 saturated carbocycles. The number of primary sulfonamides is 1. The van der Waals surface area contributed by atoms with E-state index in [9.17, 15) is 13.7 Å². The minimum atomic E-state index is -3.86. The predicted octanol–water partition coefficient (Wildman–Crippen LogP) is 2.63. The van der Waals surface area contributed by atoms with Crippen molar-refractivity contribution in [1.29, 1.82) is 5.26 Å². The maximum Gasteiger partial charge on any atom is 0.238 e. The Morgan fingerprint density at radius 3 is 2.12 bits per heavy atom. The van der Waals surface area contributed by atoms with Gasteiger partial charge in [-0.15, -0.1) is 0 Å². The van der Waals surface area contributed by atoms with Gasteiger partial charge in [0.2, 0.25) is 10.0 Å². The fraction of sp³-hybridized carbons (Fsp3) is 0.278. The highest BCUT2D eigenvalue weighted by Gasteiger charge is 2.21. The van der Waals surface area contributed by atoms with Crippen LogP contribution in [0.3, 0.4) is 0 Å². The first-order chi connectivity index (χ1) is 11.1. The topological polar surface area (TPSA) is 110 Å². The third-order valence-electron chi connectivity index (χ3n) is 3.97. The van der Waals surface area contributed by atoms with Crippen molar-refractivity contribution in [3.8, 4) is 17.2 Å². The van der Waals surface area contributed by atoms with Gasteiger partial charge >= 0.3 is 0 Å². The molecule has 2 aromatic carbocycles. The van der Waals surface area contributed by atoms with Gasteiger partial charge in [-0.05, 0) is 49.1 Å². The van der Waals surface area contributed by atoms with E-state index in [0.717, 1.165) is 11.1 Å². The van der Waals surface area contributed by atoms with Crippen LogP contribution in [-0.4, -0.2) is 8.42 Å². The molecule has 0 heterocycles. The van der Waals surface area contributed by atoms with Crippen molar-refractivity contribution in [2.45, 2.75) is 37.6 Å². The summed E-state index contributed by atoms with van der Waals surface area (Å²) in [5.41, 5.74) is 8.90. The first kappa shape index (κ1) is 18.1. The fourth-order valence-corrected chi connectivity index (χ4v) is 3.58. The monoisotopic (exact) mass is 343 g/mol. The van der Waals surface area contributed by atoms with Crippen molar-refractivity contribution >= 4 is 10.0 Å². The average Bonchev–Trinajstić information content (AvgIpc) is 2.51. The molecule has 0 unspecified atom stereocenters. The molecule has 2 rings (SSSR count). The number of hydrogen-bond acceptors (Lipinski definition) is 4. The van der Waals surface area contributed by atoms with Crippen molar-refractivity contribution in [2.75, 3.05) is 0 Å². The first-order valence-electron chi connectivity index (χ1n) is 7.58. The van der Waals surface area contributed by atoms with E-state index in [2.05, 4.69) is 6.07 Å². The molecule has 0 aliphatic carbocycles. The molecule has 0 atom stereocenters. The molecule has 0 radical (unpaired) electrons. The largest absolute Gasteiger partial charge is 0.322 e. The second-order valence-corrected chi connectivity index (χ2v) is 7.80. The zero-order valence-corrected chi connectivity index (χ0v) is 14.8. The van der Waals surface area contributed by atoms with Gasteiger partial charge < -0.3 is 5.73 Å². The van der Waals surface area contributed by atoms with Crippen LogP contribution >= 0.6 is 0 Å². The van der Waals surface area contributed by atoms with Gasteiger partial charge in [0.1, 0.15) is 0 Å². The van der Waals surface area contributed by atoms with Gasteiger partial charge in [-0.1, -0.05) is 31.2 Å². The lowest BCUT2D eigenvalue weighted by molar-refractivity contribution is 0.554. The number of hydrogen-bond donors (Lipinski definition) is 2. The Kier molecular flexibility index (Phi) is 4.81. The molecule has 0 amide bonds. The average molecular weight is 343 g/mol. The molecule has 0 aromatic heterocycles. The zero-order chi connectivity index (χ0) is 18.1. The van der Waals surface area contributed by atoms with Crippen LogP contribution in [-0.2, 0) is 22.0 Å². The minimum Gasteiger partial charge on any atom is -0.322 e. The van der Waals surface area contributed by atoms with Gasteiger partial charge in [0.25, 0.3) is 0 Å². The van der Waals surface area contributed by atoms with Crippen molar-refractivity contribution in [3.05, 3.63) is 53.1 Å². The van der Waals surface area contributed by atoms with Gasteiger partial charge in [0, 0.05) is 11.1 Å². The highest BCUT2D eigenvalue weighted by molar-refractivity contribution is 7.89. The second-order valence-electron chi connectivity index (χ2n) is 6.27. The van der Waals surface area contributed by atoms with Crippen LogP contribution in [0.4, 0.5) is 0 Å². The quantitative estimate of drug-likeness (QED) is 0.889. The fourth-order valence-electron chi connectivity index (χ4n) is 2.74. The van der Waals surface area contributed by atoms with E-state index in [1.165, 1.54) is 12.1 Å².